The molecule has 1 atom stereocenters. The number of hydrogen-bond acceptors (Lipinski definition) is 3. The molecular weight excluding hydrogens is 252 g/mol. The van der Waals surface area contributed by atoms with Crippen LogP contribution in [0.2, 0.25) is 0 Å². The van der Waals surface area contributed by atoms with Crippen molar-refractivity contribution in [1.29, 1.82) is 0 Å². The van der Waals surface area contributed by atoms with Crippen LogP contribution in [0.5, 0.6) is 0 Å². The largest absolute Gasteiger partial charge is 0.348 e. The summed E-state index contributed by atoms with van der Waals surface area (Å²) < 4.78 is 1.90. The van der Waals surface area contributed by atoms with Crippen LogP contribution in [0.3, 0.4) is 0 Å². The molecule has 5 heteroatoms. The van der Waals surface area contributed by atoms with E-state index in [0.29, 0.717) is 5.69 Å². The van der Waals surface area contributed by atoms with Gasteiger partial charge < -0.3 is 15.0 Å². The Morgan fingerprint density at radius 1 is 1.50 bits per heavy atom. The van der Waals surface area contributed by atoms with E-state index < -0.39 is 0 Å². The molecule has 2 rings (SSSR count). The van der Waals surface area contributed by atoms with Gasteiger partial charge in [0.1, 0.15) is 5.69 Å². The van der Waals surface area contributed by atoms with Gasteiger partial charge in [-0.15, -0.1) is 0 Å². The molecule has 0 radical (unpaired) electrons. The second-order valence-electron chi connectivity index (χ2n) is 4.98. The molecule has 2 aromatic heterocycles. The average molecular weight is 274 g/mol. The Kier molecular flexibility index (Phi) is 5.12. The smallest absolute Gasteiger partial charge is 0.271 e. The predicted octanol–water partition coefficient (Wildman–Crippen LogP) is 1.84. The summed E-state index contributed by atoms with van der Waals surface area (Å²) in [5.41, 5.74) is 1.44. The number of nitrogens with one attached hydrogen (secondary N) is 2. The first-order valence-corrected chi connectivity index (χ1v) is 7.15. The Bertz CT molecular complexity index is 564. The Morgan fingerprint density at radius 3 is 3.15 bits per heavy atom. The van der Waals surface area contributed by atoms with Gasteiger partial charge in [-0.3, -0.25) is 4.79 Å². The monoisotopic (exact) mass is 274 g/mol. The van der Waals surface area contributed by atoms with Crippen LogP contribution in [0.1, 0.15) is 37.2 Å². The van der Waals surface area contributed by atoms with Crippen molar-refractivity contribution in [2.45, 2.75) is 32.7 Å². The van der Waals surface area contributed by atoms with Gasteiger partial charge in [-0.05, 0) is 45.0 Å². The van der Waals surface area contributed by atoms with Gasteiger partial charge in [0.2, 0.25) is 0 Å². The Labute approximate surface area is 119 Å². The molecule has 0 aliphatic rings. The van der Waals surface area contributed by atoms with E-state index in [4.69, 9.17) is 0 Å². The average Bonchev–Trinajstić information content (AvgIpc) is 2.90. The fraction of sp³-hybridized carbons (Fsp3) is 0.467. The molecule has 2 aromatic rings. The standard InChI is InChI=1S/C15H22N4O/c1-3-16-8-4-6-12(2)18-15(20)14-11-19-9-5-7-13(19)10-17-14/h5,7,9-12,16H,3-4,6,8H2,1-2H3,(H,18,20). The van der Waals surface area contributed by atoms with Gasteiger partial charge in [-0.1, -0.05) is 6.92 Å². The van der Waals surface area contributed by atoms with Crippen molar-refractivity contribution in [3.05, 3.63) is 36.4 Å². The Hall–Kier alpha value is -1.88. The molecule has 0 fully saturated rings. The summed E-state index contributed by atoms with van der Waals surface area (Å²) in [4.78, 5) is 16.3. The molecule has 20 heavy (non-hydrogen) atoms. The number of fused-ring (bicyclic) bond motifs is 1. The van der Waals surface area contributed by atoms with Crippen molar-refractivity contribution >= 4 is 11.4 Å². The van der Waals surface area contributed by atoms with E-state index in [0.717, 1.165) is 31.4 Å². The minimum Gasteiger partial charge on any atom is -0.348 e. The SMILES string of the molecule is CCNCCCC(C)NC(=O)c1cn2cccc2cn1. The molecule has 0 bridgehead atoms. The summed E-state index contributed by atoms with van der Waals surface area (Å²) in [6, 6.07) is 4.04. The molecule has 1 amide bonds. The minimum atomic E-state index is -0.114. The number of nitrogens with zero attached hydrogens (tertiary/aromatic N) is 2. The zero-order chi connectivity index (χ0) is 14.4. The third kappa shape index (κ3) is 3.81. The van der Waals surface area contributed by atoms with Crippen LogP contribution in [0.15, 0.2) is 30.7 Å². The molecule has 0 saturated carbocycles. The first-order valence-electron chi connectivity index (χ1n) is 7.15. The van der Waals surface area contributed by atoms with Crippen LogP contribution in [0, 0.1) is 0 Å². The van der Waals surface area contributed by atoms with E-state index in [9.17, 15) is 4.79 Å². The maximum Gasteiger partial charge on any atom is 0.271 e. The lowest BCUT2D eigenvalue weighted by Crippen LogP contribution is -2.33. The predicted molar refractivity (Wildman–Crippen MR) is 79.9 cm³/mol. The number of carbonyl (C=O) groups is 1. The fourth-order valence-corrected chi connectivity index (χ4v) is 2.13. The van der Waals surface area contributed by atoms with Crippen molar-refractivity contribution in [3.8, 4) is 0 Å². The van der Waals surface area contributed by atoms with Crippen molar-refractivity contribution in [1.82, 2.24) is 20.0 Å². The molecule has 0 saturated heterocycles. The van der Waals surface area contributed by atoms with Crippen molar-refractivity contribution in [3.63, 3.8) is 0 Å². The Balaban J connectivity index is 1.87. The highest BCUT2D eigenvalue weighted by molar-refractivity contribution is 5.92. The molecule has 0 aromatic carbocycles. The summed E-state index contributed by atoms with van der Waals surface area (Å²) in [7, 11) is 0. The molecule has 0 aliphatic carbocycles. The highest BCUT2D eigenvalue weighted by Gasteiger charge is 2.11. The highest BCUT2D eigenvalue weighted by atomic mass is 16.1. The number of amides is 1. The molecule has 2 heterocycles. The summed E-state index contributed by atoms with van der Waals surface area (Å²) in [6.07, 6.45) is 7.40. The first-order chi connectivity index (χ1) is 9.70. The van der Waals surface area contributed by atoms with Crippen LogP contribution >= 0.6 is 0 Å². The Morgan fingerprint density at radius 2 is 2.35 bits per heavy atom. The van der Waals surface area contributed by atoms with Crippen molar-refractivity contribution < 1.29 is 4.79 Å². The maximum absolute atomic E-state index is 12.1. The molecule has 2 N–H and O–H groups in total. The van der Waals surface area contributed by atoms with Gasteiger partial charge in [-0.25, -0.2) is 4.98 Å². The summed E-state index contributed by atoms with van der Waals surface area (Å²) in [5.74, 6) is -0.114. The molecule has 0 spiro atoms. The number of aromatic nitrogens is 2. The minimum absolute atomic E-state index is 0.114. The first kappa shape index (κ1) is 14.5. The number of rotatable bonds is 7. The van der Waals surface area contributed by atoms with E-state index in [1.54, 1.807) is 12.4 Å². The zero-order valence-corrected chi connectivity index (χ0v) is 12.1. The molecule has 0 aliphatic heterocycles. The number of hydrogen-bond donors (Lipinski definition) is 2. The van der Waals surface area contributed by atoms with Crippen LogP contribution in [-0.4, -0.2) is 34.4 Å². The normalized spacial score (nSPS) is 12.5. The fourth-order valence-electron chi connectivity index (χ4n) is 2.13. The molecule has 108 valence electrons. The van der Waals surface area contributed by atoms with Crippen LogP contribution in [-0.2, 0) is 0 Å². The molecular formula is C15H22N4O. The second kappa shape index (κ2) is 7.05. The van der Waals surface area contributed by atoms with Crippen LogP contribution in [0.4, 0.5) is 0 Å². The van der Waals surface area contributed by atoms with Gasteiger partial charge in [0.05, 0.1) is 11.7 Å². The van der Waals surface area contributed by atoms with E-state index in [1.165, 1.54) is 0 Å². The van der Waals surface area contributed by atoms with Gasteiger partial charge >= 0.3 is 0 Å². The number of carbonyl (C=O) groups excluding carboxylic acids is 1. The third-order valence-corrected chi connectivity index (χ3v) is 3.26. The van der Waals surface area contributed by atoms with Gasteiger partial charge in [-0.2, -0.15) is 0 Å². The molecule has 5 nitrogen and oxygen atoms in total. The summed E-state index contributed by atoms with van der Waals surface area (Å²) >= 11 is 0. The van der Waals surface area contributed by atoms with E-state index in [2.05, 4.69) is 22.5 Å². The van der Waals surface area contributed by atoms with Crippen molar-refractivity contribution in [2.75, 3.05) is 13.1 Å². The van der Waals surface area contributed by atoms with Gasteiger partial charge in [0.15, 0.2) is 0 Å². The summed E-state index contributed by atoms with van der Waals surface area (Å²) in [6.45, 7) is 6.10. The maximum atomic E-state index is 12.1. The van der Waals surface area contributed by atoms with Crippen molar-refractivity contribution in [2.24, 2.45) is 0 Å². The van der Waals surface area contributed by atoms with Crippen LogP contribution in [0.25, 0.3) is 5.52 Å². The van der Waals surface area contributed by atoms with E-state index >= 15 is 0 Å². The quantitative estimate of drug-likeness (QED) is 0.757. The molecule has 1 unspecified atom stereocenters. The second-order valence-corrected chi connectivity index (χ2v) is 4.98. The lowest BCUT2D eigenvalue weighted by atomic mass is 10.2. The highest BCUT2D eigenvalue weighted by Crippen LogP contribution is 2.05. The third-order valence-electron chi connectivity index (χ3n) is 3.26. The van der Waals surface area contributed by atoms with Crippen LogP contribution < -0.4 is 10.6 Å². The van der Waals surface area contributed by atoms with Gasteiger partial charge in [0.25, 0.3) is 5.91 Å². The van der Waals surface area contributed by atoms with E-state index in [1.807, 2.05) is 29.7 Å². The lowest BCUT2D eigenvalue weighted by Gasteiger charge is -2.13. The summed E-state index contributed by atoms with van der Waals surface area (Å²) in [5, 5.41) is 6.26. The van der Waals surface area contributed by atoms with E-state index in [-0.39, 0.29) is 11.9 Å². The zero-order valence-electron chi connectivity index (χ0n) is 12.1. The topological polar surface area (TPSA) is 58.4 Å². The lowest BCUT2D eigenvalue weighted by molar-refractivity contribution is 0.0932. The van der Waals surface area contributed by atoms with Gasteiger partial charge in [0, 0.05) is 18.4 Å².